The van der Waals surface area contributed by atoms with E-state index < -0.39 is 0 Å². The number of hydrogen-bond acceptors (Lipinski definition) is 5. The van der Waals surface area contributed by atoms with E-state index in [1.807, 2.05) is 29.3 Å². The maximum absolute atomic E-state index is 4.14. The van der Waals surface area contributed by atoms with Gasteiger partial charge in [-0.1, -0.05) is 11.3 Å². The number of thiophene rings is 1. The van der Waals surface area contributed by atoms with E-state index in [9.17, 15) is 0 Å². The zero-order valence-corrected chi connectivity index (χ0v) is 13.2. The second-order valence-corrected chi connectivity index (χ2v) is 6.15. The maximum atomic E-state index is 4.14. The normalized spacial score (nSPS) is 13.0. The number of nitrogens with one attached hydrogen (secondary N) is 1. The lowest BCUT2D eigenvalue weighted by Gasteiger charge is -2.24. The Balaban J connectivity index is 1.77. The highest BCUT2D eigenvalue weighted by atomic mass is 32.1. The molecule has 0 bridgehead atoms. The summed E-state index contributed by atoms with van der Waals surface area (Å²) in [4.78, 5) is 3.82. The molecule has 2 aromatic rings. The van der Waals surface area contributed by atoms with Crippen molar-refractivity contribution in [2.75, 3.05) is 20.6 Å². The highest BCUT2D eigenvalue weighted by Gasteiger charge is 2.11. The fourth-order valence-corrected chi connectivity index (χ4v) is 2.89. The first-order valence-electron chi connectivity index (χ1n) is 6.95. The Morgan fingerprint density at radius 2 is 2.35 bits per heavy atom. The van der Waals surface area contributed by atoms with Gasteiger partial charge in [0.25, 0.3) is 0 Å². The van der Waals surface area contributed by atoms with E-state index in [2.05, 4.69) is 52.0 Å². The molecule has 1 atom stereocenters. The monoisotopic (exact) mass is 293 g/mol. The molecule has 0 saturated carbocycles. The van der Waals surface area contributed by atoms with Crippen molar-refractivity contribution in [3.8, 4) is 0 Å². The summed E-state index contributed by atoms with van der Waals surface area (Å²) in [5.74, 6) is 0. The molecule has 5 nitrogen and oxygen atoms in total. The van der Waals surface area contributed by atoms with Crippen LogP contribution in [0.5, 0.6) is 0 Å². The van der Waals surface area contributed by atoms with Crippen LogP contribution in [0.4, 0.5) is 0 Å². The fourth-order valence-electron chi connectivity index (χ4n) is 2.07. The Hall–Kier alpha value is -1.24. The third-order valence-electron chi connectivity index (χ3n) is 3.45. The molecule has 0 amide bonds. The van der Waals surface area contributed by atoms with Crippen LogP contribution in [0.25, 0.3) is 0 Å². The van der Waals surface area contributed by atoms with Crippen molar-refractivity contribution in [1.82, 2.24) is 25.2 Å². The zero-order valence-electron chi connectivity index (χ0n) is 12.4. The lowest BCUT2D eigenvalue weighted by Crippen LogP contribution is -2.33. The van der Waals surface area contributed by atoms with Crippen molar-refractivity contribution in [1.29, 1.82) is 0 Å². The van der Waals surface area contributed by atoms with Crippen molar-refractivity contribution >= 4 is 11.3 Å². The molecule has 110 valence electrons. The first-order valence-corrected chi connectivity index (χ1v) is 7.83. The van der Waals surface area contributed by atoms with Gasteiger partial charge in [-0.3, -0.25) is 4.68 Å². The van der Waals surface area contributed by atoms with Crippen LogP contribution in [-0.2, 0) is 19.5 Å². The number of nitrogens with zero attached hydrogens (tertiary/aromatic N) is 4. The average Bonchev–Trinajstić information content (AvgIpc) is 3.08. The molecule has 0 aliphatic rings. The predicted octanol–water partition coefficient (Wildman–Crippen LogP) is 1.62. The molecule has 6 heteroatoms. The smallest absolute Gasteiger partial charge is 0.0964 e. The van der Waals surface area contributed by atoms with E-state index in [0.29, 0.717) is 6.04 Å². The number of hydrogen-bond donors (Lipinski definition) is 1. The van der Waals surface area contributed by atoms with Crippen molar-refractivity contribution in [2.45, 2.75) is 32.5 Å². The van der Waals surface area contributed by atoms with Crippen LogP contribution >= 0.6 is 11.3 Å². The molecule has 2 heterocycles. The topological polar surface area (TPSA) is 46.0 Å². The van der Waals surface area contributed by atoms with Gasteiger partial charge in [-0.2, -0.15) is 0 Å². The quantitative estimate of drug-likeness (QED) is 0.803. The van der Waals surface area contributed by atoms with Gasteiger partial charge in [-0.15, -0.1) is 16.4 Å². The molecule has 20 heavy (non-hydrogen) atoms. The zero-order chi connectivity index (χ0) is 14.4. The van der Waals surface area contributed by atoms with Crippen LogP contribution in [0, 0.1) is 0 Å². The minimum Gasteiger partial charge on any atom is -0.314 e. The van der Waals surface area contributed by atoms with E-state index in [1.165, 1.54) is 4.88 Å². The molecule has 0 aromatic carbocycles. The molecule has 0 fully saturated rings. The molecule has 0 aliphatic carbocycles. The van der Waals surface area contributed by atoms with Crippen LogP contribution in [0.3, 0.4) is 0 Å². The van der Waals surface area contributed by atoms with Crippen LogP contribution in [0.2, 0.25) is 0 Å². The van der Waals surface area contributed by atoms with Gasteiger partial charge in [0.15, 0.2) is 0 Å². The van der Waals surface area contributed by atoms with E-state index in [4.69, 9.17) is 0 Å². The second kappa shape index (κ2) is 7.52. The minimum absolute atomic E-state index is 0.536. The molecule has 0 radical (unpaired) electrons. The van der Waals surface area contributed by atoms with Crippen molar-refractivity contribution in [3.05, 3.63) is 34.3 Å². The summed E-state index contributed by atoms with van der Waals surface area (Å²) < 4.78 is 1.92. The Kier molecular flexibility index (Phi) is 5.70. The molecule has 2 rings (SSSR count). The largest absolute Gasteiger partial charge is 0.314 e. The lowest BCUT2D eigenvalue weighted by atomic mass is 10.2. The SMILES string of the molecule is CNCc1cn(CCN(C)C(C)Cc2cccs2)nn1. The first-order chi connectivity index (χ1) is 9.69. The molecule has 2 aromatic heterocycles. The van der Waals surface area contributed by atoms with E-state index >= 15 is 0 Å². The van der Waals surface area contributed by atoms with Crippen molar-refractivity contribution in [3.63, 3.8) is 0 Å². The lowest BCUT2D eigenvalue weighted by molar-refractivity contribution is 0.243. The second-order valence-electron chi connectivity index (χ2n) is 5.12. The van der Waals surface area contributed by atoms with Gasteiger partial charge in [0, 0.05) is 30.2 Å². The summed E-state index contributed by atoms with van der Waals surface area (Å²) in [5, 5.41) is 13.5. The summed E-state index contributed by atoms with van der Waals surface area (Å²) in [6, 6.07) is 4.86. The van der Waals surface area contributed by atoms with Crippen molar-refractivity contribution in [2.24, 2.45) is 0 Å². The summed E-state index contributed by atoms with van der Waals surface area (Å²) in [6.07, 6.45) is 3.12. The molecular weight excluding hydrogens is 270 g/mol. The molecule has 0 saturated heterocycles. The number of rotatable bonds is 8. The Morgan fingerprint density at radius 3 is 3.05 bits per heavy atom. The molecule has 0 aliphatic heterocycles. The van der Waals surface area contributed by atoms with Gasteiger partial charge < -0.3 is 10.2 Å². The van der Waals surface area contributed by atoms with Crippen LogP contribution in [0.15, 0.2) is 23.7 Å². The summed E-state index contributed by atoms with van der Waals surface area (Å²) >= 11 is 1.83. The van der Waals surface area contributed by atoms with Gasteiger partial charge in [-0.05, 0) is 38.9 Å². The molecule has 0 spiro atoms. The van der Waals surface area contributed by atoms with E-state index in [0.717, 1.165) is 31.7 Å². The van der Waals surface area contributed by atoms with Gasteiger partial charge in [-0.25, -0.2) is 0 Å². The molecule has 1 unspecified atom stereocenters. The number of likely N-dealkylation sites (N-methyl/N-ethyl adjacent to an activating group) is 1. The standard InChI is InChI=1S/C14H23N5S/c1-12(9-14-5-4-8-20-14)18(3)6-7-19-11-13(10-15-2)16-17-19/h4-5,8,11-12,15H,6-7,9-10H2,1-3H3. The van der Waals surface area contributed by atoms with Crippen LogP contribution in [-0.4, -0.2) is 46.6 Å². The maximum Gasteiger partial charge on any atom is 0.0964 e. The third kappa shape index (κ3) is 4.40. The Labute approximate surface area is 124 Å². The fraction of sp³-hybridized carbons (Fsp3) is 0.571. The Bertz CT molecular complexity index is 493. The first kappa shape index (κ1) is 15.2. The summed E-state index contributed by atoms with van der Waals surface area (Å²) in [5.41, 5.74) is 0.988. The summed E-state index contributed by atoms with van der Waals surface area (Å²) in [7, 11) is 4.09. The van der Waals surface area contributed by atoms with Gasteiger partial charge >= 0.3 is 0 Å². The van der Waals surface area contributed by atoms with Gasteiger partial charge in [0.05, 0.1) is 12.2 Å². The van der Waals surface area contributed by atoms with E-state index in [-0.39, 0.29) is 0 Å². The van der Waals surface area contributed by atoms with Gasteiger partial charge in [0.1, 0.15) is 0 Å². The highest BCUT2D eigenvalue weighted by molar-refractivity contribution is 7.09. The van der Waals surface area contributed by atoms with Crippen LogP contribution < -0.4 is 5.32 Å². The van der Waals surface area contributed by atoms with Crippen LogP contribution in [0.1, 0.15) is 17.5 Å². The Morgan fingerprint density at radius 1 is 1.50 bits per heavy atom. The third-order valence-corrected chi connectivity index (χ3v) is 4.35. The van der Waals surface area contributed by atoms with Gasteiger partial charge in [0.2, 0.25) is 0 Å². The van der Waals surface area contributed by atoms with Crippen molar-refractivity contribution < 1.29 is 0 Å². The predicted molar refractivity (Wildman–Crippen MR) is 82.9 cm³/mol. The minimum atomic E-state index is 0.536. The highest BCUT2D eigenvalue weighted by Crippen LogP contribution is 2.13. The van der Waals surface area contributed by atoms with E-state index in [1.54, 1.807) is 0 Å². The average molecular weight is 293 g/mol. The summed E-state index contributed by atoms with van der Waals surface area (Å²) in [6.45, 7) is 4.90. The molecular formula is C14H23N5S. The molecule has 1 N–H and O–H groups in total. The number of aromatic nitrogens is 3.